The number of rotatable bonds is 8. The average molecular weight is 344 g/mol. The van der Waals surface area contributed by atoms with Gasteiger partial charge in [0.1, 0.15) is 0 Å². The maximum Gasteiger partial charge on any atom is 0.303 e. The Labute approximate surface area is 147 Å². The molecule has 1 aromatic rings. The van der Waals surface area contributed by atoms with Crippen molar-refractivity contribution >= 4 is 17.8 Å². The van der Waals surface area contributed by atoms with Gasteiger partial charge in [-0.25, -0.2) is 0 Å². The standard InChI is InChI=1S/C19H24N2O4/c22-17(8-4-5-9-19(24)25)20-14-10-18(23)21(12-14)16-11-15(16)13-6-2-1-3-7-13/h1-3,6-7,14-16H,4-5,8-12H2,(H,20,22)(H,24,25). The molecule has 2 aliphatic rings. The van der Waals surface area contributed by atoms with E-state index in [1.165, 1.54) is 5.56 Å². The molecule has 1 aliphatic carbocycles. The van der Waals surface area contributed by atoms with Crippen LogP contribution in [0.1, 0.15) is 50.0 Å². The van der Waals surface area contributed by atoms with Crippen molar-refractivity contribution in [2.75, 3.05) is 6.54 Å². The molecule has 1 heterocycles. The Bertz CT molecular complexity index is 646. The van der Waals surface area contributed by atoms with Gasteiger partial charge in [0.2, 0.25) is 11.8 Å². The van der Waals surface area contributed by atoms with Crippen molar-refractivity contribution in [2.45, 2.75) is 56.5 Å². The van der Waals surface area contributed by atoms with Crippen LogP contribution in [0.15, 0.2) is 30.3 Å². The van der Waals surface area contributed by atoms with Gasteiger partial charge in [-0.05, 0) is 24.8 Å². The van der Waals surface area contributed by atoms with Crippen LogP contribution in [0.3, 0.4) is 0 Å². The highest BCUT2D eigenvalue weighted by atomic mass is 16.4. The van der Waals surface area contributed by atoms with Gasteiger partial charge < -0.3 is 15.3 Å². The first-order valence-corrected chi connectivity index (χ1v) is 8.90. The van der Waals surface area contributed by atoms with E-state index in [0.717, 1.165) is 6.42 Å². The van der Waals surface area contributed by atoms with Crippen LogP contribution in [0, 0.1) is 0 Å². The summed E-state index contributed by atoms with van der Waals surface area (Å²) in [6.45, 7) is 0.577. The Morgan fingerprint density at radius 3 is 2.60 bits per heavy atom. The first kappa shape index (κ1) is 17.5. The number of hydrogen-bond donors (Lipinski definition) is 2. The highest BCUT2D eigenvalue weighted by Gasteiger charge is 2.47. The highest BCUT2D eigenvalue weighted by molar-refractivity contribution is 5.83. The molecule has 6 heteroatoms. The van der Waals surface area contributed by atoms with Gasteiger partial charge in [0.15, 0.2) is 0 Å². The lowest BCUT2D eigenvalue weighted by Gasteiger charge is -2.17. The van der Waals surface area contributed by atoms with Crippen molar-refractivity contribution in [3.05, 3.63) is 35.9 Å². The minimum atomic E-state index is -0.838. The van der Waals surface area contributed by atoms with Crippen molar-refractivity contribution in [1.29, 1.82) is 0 Å². The van der Waals surface area contributed by atoms with Crippen molar-refractivity contribution < 1.29 is 19.5 Å². The second-order valence-electron chi connectivity index (χ2n) is 6.94. The summed E-state index contributed by atoms with van der Waals surface area (Å²) < 4.78 is 0. The molecule has 1 aromatic carbocycles. The highest BCUT2D eigenvalue weighted by Crippen LogP contribution is 2.45. The smallest absolute Gasteiger partial charge is 0.303 e. The van der Waals surface area contributed by atoms with Crippen molar-refractivity contribution in [3.63, 3.8) is 0 Å². The lowest BCUT2D eigenvalue weighted by Crippen LogP contribution is -2.37. The summed E-state index contributed by atoms with van der Waals surface area (Å²) in [4.78, 5) is 36.6. The van der Waals surface area contributed by atoms with Crippen molar-refractivity contribution in [3.8, 4) is 0 Å². The van der Waals surface area contributed by atoms with Crippen LogP contribution in [-0.2, 0) is 14.4 Å². The van der Waals surface area contributed by atoms with E-state index < -0.39 is 5.97 Å². The number of carboxylic acids is 1. The molecule has 1 saturated heterocycles. The minimum absolute atomic E-state index is 0.0888. The van der Waals surface area contributed by atoms with Crippen LogP contribution in [0.5, 0.6) is 0 Å². The summed E-state index contributed by atoms with van der Waals surface area (Å²) in [6, 6.07) is 10.4. The average Bonchev–Trinajstić information content (AvgIpc) is 3.29. The number of amides is 2. The number of benzene rings is 1. The fourth-order valence-electron chi connectivity index (χ4n) is 3.60. The molecule has 134 valence electrons. The molecule has 1 saturated carbocycles. The van der Waals surface area contributed by atoms with Crippen LogP contribution in [0.2, 0.25) is 0 Å². The molecule has 25 heavy (non-hydrogen) atoms. The molecule has 0 aromatic heterocycles. The van der Waals surface area contributed by atoms with E-state index in [0.29, 0.717) is 38.1 Å². The normalized spacial score (nSPS) is 25.0. The van der Waals surface area contributed by atoms with Gasteiger partial charge in [-0.3, -0.25) is 14.4 Å². The lowest BCUT2D eigenvalue weighted by molar-refractivity contribution is -0.137. The fraction of sp³-hybridized carbons (Fsp3) is 0.526. The summed E-state index contributed by atoms with van der Waals surface area (Å²) in [5.41, 5.74) is 1.27. The van der Waals surface area contributed by atoms with E-state index in [4.69, 9.17) is 5.11 Å². The number of carbonyl (C=O) groups is 3. The summed E-state index contributed by atoms with van der Waals surface area (Å²) in [5.74, 6) is -0.412. The summed E-state index contributed by atoms with van der Waals surface area (Å²) in [7, 11) is 0. The largest absolute Gasteiger partial charge is 0.481 e. The monoisotopic (exact) mass is 344 g/mol. The molecule has 3 rings (SSSR count). The molecule has 0 bridgehead atoms. The first-order chi connectivity index (χ1) is 12.0. The molecule has 3 atom stereocenters. The molecular formula is C19H24N2O4. The van der Waals surface area contributed by atoms with Gasteiger partial charge in [-0.15, -0.1) is 0 Å². The van der Waals surface area contributed by atoms with Crippen molar-refractivity contribution in [1.82, 2.24) is 10.2 Å². The third-order valence-electron chi connectivity index (χ3n) is 4.95. The number of nitrogens with one attached hydrogen (secondary N) is 1. The zero-order valence-electron chi connectivity index (χ0n) is 14.2. The Balaban J connectivity index is 1.42. The van der Waals surface area contributed by atoms with Crippen LogP contribution < -0.4 is 5.32 Å². The van der Waals surface area contributed by atoms with Gasteiger partial charge in [-0.2, -0.15) is 0 Å². The number of aliphatic carboxylic acids is 1. The Kier molecular flexibility index (Phi) is 5.36. The Hall–Kier alpha value is -2.37. The van der Waals surface area contributed by atoms with Crippen LogP contribution >= 0.6 is 0 Å². The van der Waals surface area contributed by atoms with Gasteiger partial charge in [-0.1, -0.05) is 30.3 Å². The minimum Gasteiger partial charge on any atom is -0.481 e. The molecule has 3 unspecified atom stereocenters. The van der Waals surface area contributed by atoms with E-state index >= 15 is 0 Å². The topological polar surface area (TPSA) is 86.7 Å². The summed E-state index contributed by atoms with van der Waals surface area (Å²) in [5, 5.41) is 11.5. The number of nitrogens with zero attached hydrogens (tertiary/aromatic N) is 1. The maximum absolute atomic E-state index is 12.3. The molecule has 2 amide bonds. The Morgan fingerprint density at radius 2 is 1.88 bits per heavy atom. The molecule has 1 aliphatic heterocycles. The predicted octanol–water partition coefficient (Wildman–Crippen LogP) is 1.90. The van der Waals surface area contributed by atoms with Crippen molar-refractivity contribution in [2.24, 2.45) is 0 Å². The molecule has 2 N–H and O–H groups in total. The second-order valence-corrected chi connectivity index (χ2v) is 6.94. The van der Waals surface area contributed by atoms with Crippen LogP contribution in [0.25, 0.3) is 0 Å². The number of likely N-dealkylation sites (tertiary alicyclic amines) is 1. The quantitative estimate of drug-likeness (QED) is 0.705. The summed E-state index contributed by atoms with van der Waals surface area (Å²) >= 11 is 0. The molecular weight excluding hydrogens is 320 g/mol. The first-order valence-electron chi connectivity index (χ1n) is 8.90. The van der Waals surface area contributed by atoms with Gasteiger partial charge in [0.25, 0.3) is 0 Å². The Morgan fingerprint density at radius 1 is 1.16 bits per heavy atom. The van der Waals surface area contributed by atoms with Crippen LogP contribution in [0.4, 0.5) is 0 Å². The van der Waals surface area contributed by atoms with Crippen LogP contribution in [-0.4, -0.2) is 46.4 Å². The zero-order chi connectivity index (χ0) is 17.8. The van der Waals surface area contributed by atoms with E-state index in [1.807, 2.05) is 23.1 Å². The third-order valence-corrected chi connectivity index (χ3v) is 4.95. The molecule has 0 spiro atoms. The second kappa shape index (κ2) is 7.68. The SMILES string of the molecule is O=C(O)CCCCC(=O)NC1CC(=O)N(C2CC2c2ccccc2)C1. The maximum atomic E-state index is 12.3. The fourth-order valence-corrected chi connectivity index (χ4v) is 3.60. The molecule has 0 radical (unpaired) electrons. The zero-order valence-corrected chi connectivity index (χ0v) is 14.2. The van der Waals surface area contributed by atoms with E-state index in [2.05, 4.69) is 17.4 Å². The van der Waals surface area contributed by atoms with Gasteiger partial charge in [0.05, 0.1) is 6.04 Å². The molecule has 2 fully saturated rings. The summed E-state index contributed by atoms with van der Waals surface area (Å²) in [6.07, 6.45) is 2.81. The van der Waals surface area contributed by atoms with Gasteiger partial charge >= 0.3 is 5.97 Å². The number of unbranched alkanes of at least 4 members (excludes halogenated alkanes) is 1. The van der Waals surface area contributed by atoms with Gasteiger partial charge in [0, 0.05) is 37.8 Å². The number of carboxylic acid groups (broad SMARTS) is 1. The predicted molar refractivity (Wildman–Crippen MR) is 92.0 cm³/mol. The molecule has 6 nitrogen and oxygen atoms in total. The van der Waals surface area contributed by atoms with E-state index in [-0.39, 0.29) is 30.3 Å². The van der Waals surface area contributed by atoms with E-state index in [1.54, 1.807) is 0 Å². The third kappa shape index (κ3) is 4.59. The number of hydrogen-bond acceptors (Lipinski definition) is 3. The number of carbonyl (C=O) groups excluding carboxylic acids is 2. The lowest BCUT2D eigenvalue weighted by atomic mass is 10.1. The van der Waals surface area contributed by atoms with E-state index in [9.17, 15) is 14.4 Å².